The number of benzene rings is 2. The van der Waals surface area contributed by atoms with Crippen LogP contribution in [0, 0.1) is 0 Å². The van der Waals surface area contributed by atoms with Gasteiger partial charge in [0.15, 0.2) is 0 Å². The maximum atomic E-state index is 12.2. The zero-order valence-corrected chi connectivity index (χ0v) is 12.8. The molecule has 0 aliphatic heterocycles. The highest BCUT2D eigenvalue weighted by atomic mass is 16.5. The Kier molecular flexibility index (Phi) is 5.25. The van der Waals surface area contributed by atoms with Gasteiger partial charge in [0.25, 0.3) is 5.91 Å². The molecule has 0 bridgehead atoms. The Balaban J connectivity index is 2.35. The Hall–Kier alpha value is -2.69. The van der Waals surface area contributed by atoms with Gasteiger partial charge >= 0.3 is 0 Å². The van der Waals surface area contributed by atoms with Crippen LogP contribution in [0.3, 0.4) is 0 Å². The number of amides is 1. The van der Waals surface area contributed by atoms with Crippen molar-refractivity contribution >= 4 is 23.0 Å². The number of carbonyl (C=O) groups is 1. The van der Waals surface area contributed by atoms with Crippen LogP contribution in [-0.4, -0.2) is 19.1 Å². The molecule has 0 heterocycles. The van der Waals surface area contributed by atoms with Gasteiger partial charge < -0.3 is 21.1 Å². The van der Waals surface area contributed by atoms with Crippen LogP contribution < -0.4 is 21.1 Å². The molecule has 1 amide bonds. The Morgan fingerprint density at radius 2 is 1.91 bits per heavy atom. The zero-order valence-electron chi connectivity index (χ0n) is 12.8. The summed E-state index contributed by atoms with van der Waals surface area (Å²) in [5, 5.41) is 6.04. The van der Waals surface area contributed by atoms with Crippen molar-refractivity contribution in [3.63, 3.8) is 0 Å². The summed E-state index contributed by atoms with van der Waals surface area (Å²) in [4.78, 5) is 12.2. The van der Waals surface area contributed by atoms with Gasteiger partial charge in [0.2, 0.25) is 0 Å². The number of nitrogen functional groups attached to an aromatic ring is 1. The van der Waals surface area contributed by atoms with E-state index in [2.05, 4.69) is 10.6 Å². The van der Waals surface area contributed by atoms with E-state index in [9.17, 15) is 4.79 Å². The Labute approximate surface area is 130 Å². The van der Waals surface area contributed by atoms with E-state index >= 15 is 0 Å². The summed E-state index contributed by atoms with van der Waals surface area (Å²) >= 11 is 0. The number of hydrogen-bond acceptors (Lipinski definition) is 4. The van der Waals surface area contributed by atoms with Crippen LogP contribution in [0.5, 0.6) is 5.75 Å². The van der Waals surface area contributed by atoms with Crippen LogP contribution in [0.25, 0.3) is 0 Å². The van der Waals surface area contributed by atoms with E-state index in [1.165, 1.54) is 0 Å². The van der Waals surface area contributed by atoms with E-state index in [-0.39, 0.29) is 5.91 Å². The highest BCUT2D eigenvalue weighted by Gasteiger charge is 2.13. The van der Waals surface area contributed by atoms with E-state index in [4.69, 9.17) is 10.5 Å². The molecule has 4 N–H and O–H groups in total. The van der Waals surface area contributed by atoms with Crippen LogP contribution in [0.2, 0.25) is 0 Å². The summed E-state index contributed by atoms with van der Waals surface area (Å²) in [5.41, 5.74) is 8.35. The molecule has 0 aliphatic carbocycles. The van der Waals surface area contributed by atoms with Crippen molar-refractivity contribution in [2.45, 2.75) is 13.8 Å². The minimum Gasteiger partial charge on any atom is -0.492 e. The number of carbonyl (C=O) groups excluding carboxylic acids is 1. The van der Waals surface area contributed by atoms with E-state index in [0.717, 1.165) is 11.4 Å². The second-order valence-corrected chi connectivity index (χ2v) is 4.72. The fraction of sp³-hybridized carbons (Fsp3) is 0.235. The quantitative estimate of drug-likeness (QED) is 0.716. The molecule has 0 atom stereocenters. The van der Waals surface area contributed by atoms with Crippen molar-refractivity contribution in [3.8, 4) is 5.75 Å². The van der Waals surface area contributed by atoms with Gasteiger partial charge in [-0.15, -0.1) is 0 Å². The Bertz CT molecular complexity index is 656. The molecule has 5 heteroatoms. The van der Waals surface area contributed by atoms with Crippen LogP contribution in [0.1, 0.15) is 24.2 Å². The highest BCUT2D eigenvalue weighted by molar-refractivity contribution is 6.01. The van der Waals surface area contributed by atoms with Crippen molar-refractivity contribution in [1.82, 2.24) is 5.32 Å². The number of para-hydroxylation sites is 2. The zero-order chi connectivity index (χ0) is 15.9. The molecule has 2 aromatic rings. The first-order chi connectivity index (χ1) is 10.7. The van der Waals surface area contributed by atoms with Crippen molar-refractivity contribution in [1.29, 1.82) is 0 Å². The average molecular weight is 299 g/mol. The molecule has 22 heavy (non-hydrogen) atoms. The van der Waals surface area contributed by atoms with E-state index in [0.29, 0.717) is 30.1 Å². The van der Waals surface area contributed by atoms with E-state index in [1.54, 1.807) is 18.2 Å². The second kappa shape index (κ2) is 7.36. The van der Waals surface area contributed by atoms with E-state index < -0.39 is 0 Å². The third-order valence-corrected chi connectivity index (χ3v) is 3.08. The first-order valence-corrected chi connectivity index (χ1v) is 7.32. The molecule has 5 nitrogen and oxygen atoms in total. The lowest BCUT2D eigenvalue weighted by Crippen LogP contribution is -2.23. The van der Waals surface area contributed by atoms with Gasteiger partial charge in [0.05, 0.1) is 23.5 Å². The smallest absolute Gasteiger partial charge is 0.253 e. The average Bonchev–Trinajstić information content (AvgIpc) is 2.51. The largest absolute Gasteiger partial charge is 0.492 e. The first-order valence-electron chi connectivity index (χ1n) is 7.32. The van der Waals surface area contributed by atoms with Gasteiger partial charge in [-0.25, -0.2) is 0 Å². The normalized spacial score (nSPS) is 10.1. The lowest BCUT2D eigenvalue weighted by molar-refractivity contribution is 0.0956. The molecule has 2 aromatic carbocycles. The maximum absolute atomic E-state index is 12.2. The van der Waals surface area contributed by atoms with Crippen molar-refractivity contribution < 1.29 is 9.53 Å². The highest BCUT2D eigenvalue weighted by Crippen LogP contribution is 2.29. The van der Waals surface area contributed by atoms with Gasteiger partial charge in [-0.2, -0.15) is 0 Å². The summed E-state index contributed by atoms with van der Waals surface area (Å²) in [6.07, 6.45) is 0. The molecule has 0 aromatic heterocycles. The van der Waals surface area contributed by atoms with Gasteiger partial charge in [-0.05, 0) is 44.2 Å². The van der Waals surface area contributed by atoms with Gasteiger partial charge in [0, 0.05) is 12.2 Å². The minimum atomic E-state index is -0.161. The lowest BCUT2D eigenvalue weighted by Gasteiger charge is -2.15. The summed E-state index contributed by atoms with van der Waals surface area (Å²) in [5.74, 6) is 0.579. The SMILES string of the molecule is CCNC(=O)c1cc(N)ccc1Nc1ccccc1OCC. The van der Waals surface area contributed by atoms with E-state index in [1.807, 2.05) is 38.1 Å². The molecule has 0 saturated heterocycles. The third-order valence-electron chi connectivity index (χ3n) is 3.08. The molecule has 0 aliphatic rings. The number of rotatable bonds is 6. The van der Waals surface area contributed by atoms with Crippen LogP contribution in [0.15, 0.2) is 42.5 Å². The molecule has 116 valence electrons. The number of ether oxygens (including phenoxy) is 1. The van der Waals surface area contributed by atoms with Crippen molar-refractivity contribution in [2.24, 2.45) is 0 Å². The topological polar surface area (TPSA) is 76.4 Å². The van der Waals surface area contributed by atoms with Gasteiger partial charge in [-0.1, -0.05) is 12.1 Å². The molecule has 0 saturated carbocycles. The fourth-order valence-corrected chi connectivity index (χ4v) is 2.11. The predicted octanol–water partition coefficient (Wildman–Crippen LogP) is 3.16. The molecule has 0 spiro atoms. The number of hydrogen-bond donors (Lipinski definition) is 3. The number of nitrogens with one attached hydrogen (secondary N) is 2. The predicted molar refractivity (Wildman–Crippen MR) is 89.8 cm³/mol. The lowest BCUT2D eigenvalue weighted by atomic mass is 10.1. The monoisotopic (exact) mass is 299 g/mol. The van der Waals surface area contributed by atoms with Crippen LogP contribution in [-0.2, 0) is 0 Å². The fourth-order valence-electron chi connectivity index (χ4n) is 2.11. The Morgan fingerprint density at radius 3 is 2.64 bits per heavy atom. The molecular weight excluding hydrogens is 278 g/mol. The number of nitrogens with two attached hydrogens (primary N) is 1. The molecule has 0 fully saturated rings. The summed E-state index contributed by atoms with van der Waals surface area (Å²) in [6.45, 7) is 4.94. The van der Waals surface area contributed by atoms with Crippen molar-refractivity contribution in [2.75, 3.05) is 24.2 Å². The first kappa shape index (κ1) is 15.7. The molecular formula is C17H21N3O2. The summed E-state index contributed by atoms with van der Waals surface area (Å²) in [7, 11) is 0. The molecule has 0 unspecified atom stereocenters. The van der Waals surface area contributed by atoms with Gasteiger partial charge in [0.1, 0.15) is 5.75 Å². The van der Waals surface area contributed by atoms with Crippen LogP contribution in [0.4, 0.5) is 17.1 Å². The Morgan fingerprint density at radius 1 is 1.14 bits per heavy atom. The molecule has 0 radical (unpaired) electrons. The third kappa shape index (κ3) is 3.69. The number of anilines is 3. The second-order valence-electron chi connectivity index (χ2n) is 4.72. The minimum absolute atomic E-state index is 0.161. The van der Waals surface area contributed by atoms with Gasteiger partial charge in [-0.3, -0.25) is 4.79 Å². The molecule has 2 rings (SSSR count). The summed E-state index contributed by atoms with van der Waals surface area (Å²) in [6, 6.07) is 12.8. The summed E-state index contributed by atoms with van der Waals surface area (Å²) < 4.78 is 5.59. The maximum Gasteiger partial charge on any atom is 0.253 e. The standard InChI is InChI=1S/C17H21N3O2/c1-3-19-17(21)13-11-12(18)9-10-14(13)20-15-7-5-6-8-16(15)22-4-2/h5-11,20H,3-4,18H2,1-2H3,(H,19,21). The van der Waals surface area contributed by atoms with Crippen LogP contribution >= 0.6 is 0 Å². The van der Waals surface area contributed by atoms with Crippen molar-refractivity contribution in [3.05, 3.63) is 48.0 Å².